The second-order valence-corrected chi connectivity index (χ2v) is 7.88. The molecule has 0 aliphatic carbocycles. The zero-order valence-corrected chi connectivity index (χ0v) is 17.7. The van der Waals surface area contributed by atoms with Gasteiger partial charge in [0.2, 0.25) is 0 Å². The molecule has 3 aromatic carbocycles. The third-order valence-electron chi connectivity index (χ3n) is 5.39. The molecule has 5 rings (SSSR count). The molecule has 0 spiro atoms. The summed E-state index contributed by atoms with van der Waals surface area (Å²) in [4.78, 5) is 21.4. The lowest BCUT2D eigenvalue weighted by molar-refractivity contribution is 0.0972. The first-order valence-electron chi connectivity index (χ1n) is 10.0. The second-order valence-electron chi connectivity index (χ2n) is 7.44. The van der Waals surface area contributed by atoms with Crippen molar-refractivity contribution in [3.8, 4) is 5.75 Å². The number of aromatic amines is 1. The van der Waals surface area contributed by atoms with Gasteiger partial charge in [0.15, 0.2) is 5.78 Å². The number of para-hydroxylation sites is 3. The summed E-state index contributed by atoms with van der Waals surface area (Å²) in [6.07, 6.45) is 0. The lowest BCUT2D eigenvalue weighted by atomic mass is 10.1. The van der Waals surface area contributed by atoms with Crippen LogP contribution >= 0.6 is 11.6 Å². The summed E-state index contributed by atoms with van der Waals surface area (Å²) in [6, 6.07) is 22.9. The van der Waals surface area contributed by atoms with Gasteiger partial charge in [-0.25, -0.2) is 4.98 Å². The van der Waals surface area contributed by atoms with Gasteiger partial charge in [0.05, 0.1) is 17.6 Å². The molecule has 154 valence electrons. The van der Waals surface area contributed by atoms with Gasteiger partial charge >= 0.3 is 0 Å². The Labute approximate surface area is 184 Å². The Morgan fingerprint density at radius 2 is 1.77 bits per heavy atom. The van der Waals surface area contributed by atoms with Gasteiger partial charge < -0.3 is 14.3 Å². The van der Waals surface area contributed by atoms with E-state index in [9.17, 15) is 4.79 Å². The van der Waals surface area contributed by atoms with E-state index in [1.165, 1.54) is 0 Å². The van der Waals surface area contributed by atoms with E-state index >= 15 is 0 Å². The summed E-state index contributed by atoms with van der Waals surface area (Å²) in [5.74, 6) is 1.43. The van der Waals surface area contributed by atoms with E-state index in [1.807, 2.05) is 72.2 Å². The highest BCUT2D eigenvalue weighted by Crippen LogP contribution is 2.25. The number of nitrogens with one attached hydrogen (secondary N) is 1. The lowest BCUT2D eigenvalue weighted by Gasteiger charge is -2.10. The number of fused-ring (bicyclic) bond motifs is 2. The van der Waals surface area contributed by atoms with E-state index in [0.717, 1.165) is 33.2 Å². The molecule has 0 unspecified atom stereocenters. The SMILES string of the molecule is Cc1[nH]c2ccccc2c1C(=O)Cn1c(COc2ccc(Cl)cc2)nc2ccccc21. The highest BCUT2D eigenvalue weighted by Gasteiger charge is 2.19. The van der Waals surface area contributed by atoms with E-state index in [1.54, 1.807) is 12.1 Å². The number of carbonyl (C=O) groups excluding carboxylic acids is 1. The first-order valence-corrected chi connectivity index (χ1v) is 10.4. The minimum atomic E-state index is 0.0332. The first kappa shape index (κ1) is 19.4. The number of nitrogens with zero attached hydrogens (tertiary/aromatic N) is 2. The molecule has 1 N–H and O–H groups in total. The topological polar surface area (TPSA) is 59.9 Å². The van der Waals surface area contributed by atoms with Crippen LogP contribution in [0, 0.1) is 6.92 Å². The van der Waals surface area contributed by atoms with Crippen molar-refractivity contribution >= 4 is 39.3 Å². The number of rotatable bonds is 6. The molecule has 2 aromatic heterocycles. The number of hydrogen-bond donors (Lipinski definition) is 1. The second kappa shape index (κ2) is 7.93. The smallest absolute Gasteiger partial charge is 0.184 e. The number of imidazole rings is 1. The molecule has 0 saturated carbocycles. The van der Waals surface area contributed by atoms with Crippen LogP contribution in [0.1, 0.15) is 21.9 Å². The van der Waals surface area contributed by atoms with Gasteiger partial charge in [-0.2, -0.15) is 0 Å². The van der Waals surface area contributed by atoms with Crippen LogP contribution in [0.25, 0.3) is 21.9 Å². The van der Waals surface area contributed by atoms with Crippen LogP contribution < -0.4 is 4.74 Å². The molecular weight excluding hydrogens is 410 g/mol. The molecule has 2 heterocycles. The Bertz CT molecular complexity index is 1400. The highest BCUT2D eigenvalue weighted by molar-refractivity contribution is 6.30. The van der Waals surface area contributed by atoms with Gasteiger partial charge in [0.25, 0.3) is 0 Å². The largest absolute Gasteiger partial charge is 0.486 e. The average molecular weight is 430 g/mol. The monoisotopic (exact) mass is 429 g/mol. The number of aromatic nitrogens is 3. The maximum Gasteiger partial charge on any atom is 0.184 e. The molecular formula is C25H20ClN3O2. The van der Waals surface area contributed by atoms with Crippen LogP contribution in [0.3, 0.4) is 0 Å². The molecule has 31 heavy (non-hydrogen) atoms. The Morgan fingerprint density at radius 3 is 2.61 bits per heavy atom. The Balaban J connectivity index is 1.49. The lowest BCUT2D eigenvalue weighted by Crippen LogP contribution is -2.15. The summed E-state index contributed by atoms with van der Waals surface area (Å²) in [5, 5.41) is 1.59. The minimum absolute atomic E-state index is 0.0332. The summed E-state index contributed by atoms with van der Waals surface area (Å²) >= 11 is 5.96. The van der Waals surface area contributed by atoms with Gasteiger partial charge in [-0.15, -0.1) is 0 Å². The molecule has 0 radical (unpaired) electrons. The summed E-state index contributed by atoms with van der Waals surface area (Å²) in [5.41, 5.74) is 4.29. The number of ketones is 1. The summed E-state index contributed by atoms with van der Waals surface area (Å²) in [7, 11) is 0. The third kappa shape index (κ3) is 3.68. The minimum Gasteiger partial charge on any atom is -0.486 e. The zero-order valence-electron chi connectivity index (χ0n) is 16.9. The number of aryl methyl sites for hydroxylation is 1. The van der Waals surface area contributed by atoms with Gasteiger partial charge in [-0.1, -0.05) is 41.9 Å². The van der Waals surface area contributed by atoms with Crippen molar-refractivity contribution in [2.75, 3.05) is 0 Å². The van der Waals surface area contributed by atoms with Crippen molar-refractivity contribution in [1.82, 2.24) is 14.5 Å². The zero-order chi connectivity index (χ0) is 21.4. The van der Waals surface area contributed by atoms with Gasteiger partial charge in [-0.05, 0) is 49.4 Å². The quantitative estimate of drug-likeness (QED) is 0.340. The normalized spacial score (nSPS) is 11.3. The van der Waals surface area contributed by atoms with Crippen molar-refractivity contribution in [2.24, 2.45) is 0 Å². The number of benzene rings is 3. The molecule has 0 atom stereocenters. The van der Waals surface area contributed by atoms with Crippen LogP contribution in [0.4, 0.5) is 0 Å². The van der Waals surface area contributed by atoms with Crippen LogP contribution in [-0.2, 0) is 13.2 Å². The van der Waals surface area contributed by atoms with Crippen molar-refractivity contribution in [1.29, 1.82) is 0 Å². The summed E-state index contributed by atoms with van der Waals surface area (Å²) in [6.45, 7) is 2.36. The predicted octanol–water partition coefficient (Wildman–Crippen LogP) is 5.94. The van der Waals surface area contributed by atoms with Crippen LogP contribution in [-0.4, -0.2) is 20.3 Å². The van der Waals surface area contributed by atoms with Crippen molar-refractivity contribution < 1.29 is 9.53 Å². The maximum atomic E-state index is 13.4. The number of hydrogen-bond acceptors (Lipinski definition) is 3. The fourth-order valence-corrected chi connectivity index (χ4v) is 4.08. The summed E-state index contributed by atoms with van der Waals surface area (Å²) < 4.78 is 7.86. The molecule has 0 saturated heterocycles. The van der Waals surface area contributed by atoms with E-state index in [2.05, 4.69) is 4.98 Å². The van der Waals surface area contributed by atoms with E-state index < -0.39 is 0 Å². The van der Waals surface area contributed by atoms with Crippen molar-refractivity contribution in [3.63, 3.8) is 0 Å². The number of Topliss-reactive ketones (excluding diaryl/α,β-unsaturated/α-hetero) is 1. The van der Waals surface area contributed by atoms with Crippen molar-refractivity contribution in [3.05, 3.63) is 94.9 Å². The van der Waals surface area contributed by atoms with Crippen molar-refractivity contribution in [2.45, 2.75) is 20.1 Å². The van der Waals surface area contributed by atoms with E-state index in [4.69, 9.17) is 21.3 Å². The fraction of sp³-hybridized carbons (Fsp3) is 0.120. The van der Waals surface area contributed by atoms with E-state index in [0.29, 0.717) is 16.6 Å². The van der Waals surface area contributed by atoms with Crippen LogP contribution in [0.5, 0.6) is 5.75 Å². The molecule has 0 aliphatic heterocycles. The molecule has 0 amide bonds. The Hall–Kier alpha value is -3.57. The van der Waals surface area contributed by atoms with Crippen LogP contribution in [0.2, 0.25) is 5.02 Å². The van der Waals surface area contributed by atoms with Gasteiger partial charge in [0.1, 0.15) is 18.2 Å². The average Bonchev–Trinajstić information content (AvgIpc) is 3.30. The standard InChI is InChI=1S/C25H20ClN3O2/c1-16-25(19-6-2-3-7-20(19)27-16)23(30)14-29-22-9-5-4-8-21(22)28-24(29)15-31-18-12-10-17(26)11-13-18/h2-13,27H,14-15H2,1H3. The number of H-pyrrole nitrogens is 1. The van der Waals surface area contributed by atoms with Gasteiger partial charge in [-0.3, -0.25) is 4.79 Å². The number of halogens is 1. The number of carbonyl (C=O) groups is 1. The fourth-order valence-electron chi connectivity index (χ4n) is 3.95. The molecule has 5 aromatic rings. The molecule has 6 heteroatoms. The number of ether oxygens (including phenoxy) is 1. The van der Waals surface area contributed by atoms with E-state index in [-0.39, 0.29) is 18.9 Å². The molecule has 0 bridgehead atoms. The molecule has 5 nitrogen and oxygen atoms in total. The molecule has 0 fully saturated rings. The maximum absolute atomic E-state index is 13.4. The van der Waals surface area contributed by atoms with Crippen LogP contribution in [0.15, 0.2) is 72.8 Å². The highest BCUT2D eigenvalue weighted by atomic mass is 35.5. The Morgan fingerprint density at radius 1 is 1.03 bits per heavy atom. The Kier molecular flexibility index (Phi) is 4.96. The first-order chi connectivity index (χ1) is 15.1. The third-order valence-corrected chi connectivity index (χ3v) is 5.64. The molecule has 0 aliphatic rings. The predicted molar refractivity (Wildman–Crippen MR) is 123 cm³/mol. The van der Waals surface area contributed by atoms with Gasteiger partial charge in [0, 0.05) is 27.2 Å².